The molecular formula is C42H62N2O8S. The highest BCUT2D eigenvalue weighted by atomic mass is 32.2. The van der Waals surface area contributed by atoms with E-state index in [0.717, 1.165) is 11.1 Å². The van der Waals surface area contributed by atoms with E-state index in [-0.39, 0.29) is 41.6 Å². The number of epoxide rings is 1. The number of methoxy groups -OCH3 is 1. The van der Waals surface area contributed by atoms with Gasteiger partial charge in [0.15, 0.2) is 11.6 Å². The molecule has 1 heterocycles. The lowest BCUT2D eigenvalue weighted by atomic mass is 9.87. The summed E-state index contributed by atoms with van der Waals surface area (Å²) in [5.41, 5.74) is 1.16. The highest BCUT2D eigenvalue weighted by Crippen LogP contribution is 2.30. The number of rotatable bonds is 28. The first-order chi connectivity index (χ1) is 25.4. The lowest BCUT2D eigenvalue weighted by Gasteiger charge is -2.27. The molecule has 0 saturated carbocycles. The molecule has 0 unspecified atom stereocenters. The van der Waals surface area contributed by atoms with Crippen molar-refractivity contribution in [3.8, 4) is 0 Å². The van der Waals surface area contributed by atoms with Gasteiger partial charge in [0, 0.05) is 25.2 Å². The molecule has 0 radical (unpaired) electrons. The Morgan fingerprint density at radius 2 is 1.32 bits per heavy atom. The van der Waals surface area contributed by atoms with E-state index in [9.17, 15) is 19.2 Å². The molecule has 1 aliphatic heterocycles. The van der Waals surface area contributed by atoms with E-state index in [0.29, 0.717) is 77.5 Å². The Labute approximate surface area is 321 Å². The lowest BCUT2D eigenvalue weighted by molar-refractivity contribution is -0.135. The largest absolute Gasteiger partial charge is 0.382 e. The standard InChI is InChI=1S/C42H62N2O8S/c1-30(2)25-35(43-41(48)38(18-17-32-13-9-7-10-14-32)53-24-23-51-22-21-50-20-19-49-6)37(45)28-34(27-33-15-11-8-12-16-33)40(47)44-36(26-31(3)4)39(46)42(5)29-52-42/h7-16,30-31,34-36,38H,17-29H2,1-6H3,(H,43,48)(H,44,47)/t34-,35+,36+,38+,42-/m1/s1. The van der Waals surface area contributed by atoms with Crippen LogP contribution in [0.2, 0.25) is 0 Å². The van der Waals surface area contributed by atoms with Crippen LogP contribution in [0.15, 0.2) is 60.7 Å². The van der Waals surface area contributed by atoms with Crippen molar-refractivity contribution in [2.45, 2.75) is 96.1 Å². The van der Waals surface area contributed by atoms with E-state index < -0.39 is 28.9 Å². The molecule has 0 aromatic heterocycles. The first kappa shape index (κ1) is 44.3. The van der Waals surface area contributed by atoms with Crippen LogP contribution in [0, 0.1) is 17.8 Å². The minimum atomic E-state index is -0.885. The molecule has 1 aliphatic rings. The van der Waals surface area contributed by atoms with Gasteiger partial charge in [-0.05, 0) is 62.0 Å². The second-order valence-electron chi connectivity index (χ2n) is 14.9. The Bertz CT molecular complexity index is 1390. The average molecular weight is 755 g/mol. The minimum absolute atomic E-state index is 0.0726. The van der Waals surface area contributed by atoms with Crippen LogP contribution in [0.1, 0.15) is 71.4 Å². The molecular weight excluding hydrogens is 693 g/mol. The molecule has 10 nitrogen and oxygen atoms in total. The maximum Gasteiger partial charge on any atom is 0.233 e. The van der Waals surface area contributed by atoms with Gasteiger partial charge in [0.25, 0.3) is 0 Å². The smallest absolute Gasteiger partial charge is 0.233 e. The zero-order valence-corrected chi connectivity index (χ0v) is 33.4. The first-order valence-corrected chi connectivity index (χ1v) is 20.1. The van der Waals surface area contributed by atoms with Gasteiger partial charge in [-0.2, -0.15) is 0 Å². The number of benzene rings is 2. The van der Waals surface area contributed by atoms with Gasteiger partial charge in [-0.1, -0.05) is 88.4 Å². The van der Waals surface area contributed by atoms with Gasteiger partial charge in [0.2, 0.25) is 11.8 Å². The number of Topliss-reactive ketones (excluding diaryl/α,β-unsaturated/α-hetero) is 2. The molecule has 0 aliphatic carbocycles. The lowest BCUT2D eigenvalue weighted by Crippen LogP contribution is -2.50. The van der Waals surface area contributed by atoms with Crippen molar-refractivity contribution in [1.82, 2.24) is 10.6 Å². The Balaban J connectivity index is 1.73. The van der Waals surface area contributed by atoms with Crippen LogP contribution >= 0.6 is 11.8 Å². The van der Waals surface area contributed by atoms with Crippen molar-refractivity contribution in [2.24, 2.45) is 17.8 Å². The van der Waals surface area contributed by atoms with E-state index in [1.165, 1.54) is 11.8 Å². The summed E-state index contributed by atoms with van der Waals surface area (Å²) < 4.78 is 21.6. The monoisotopic (exact) mass is 754 g/mol. The van der Waals surface area contributed by atoms with E-state index in [2.05, 4.69) is 10.6 Å². The van der Waals surface area contributed by atoms with Crippen LogP contribution in [-0.4, -0.2) is 98.8 Å². The average Bonchev–Trinajstić information content (AvgIpc) is 3.89. The number of hydrogen-bond acceptors (Lipinski definition) is 9. The van der Waals surface area contributed by atoms with Crippen molar-refractivity contribution >= 4 is 35.1 Å². The molecule has 2 amide bonds. The number of thioether (sulfide) groups is 1. The number of nitrogens with one attached hydrogen (secondary N) is 2. The van der Waals surface area contributed by atoms with Gasteiger partial charge in [-0.15, -0.1) is 11.8 Å². The van der Waals surface area contributed by atoms with E-state index in [1.54, 1.807) is 14.0 Å². The normalized spacial score (nSPS) is 17.6. The molecule has 1 fully saturated rings. The second-order valence-corrected chi connectivity index (χ2v) is 16.2. The van der Waals surface area contributed by atoms with Gasteiger partial charge in [0.1, 0.15) is 5.60 Å². The Morgan fingerprint density at radius 3 is 1.91 bits per heavy atom. The van der Waals surface area contributed by atoms with E-state index >= 15 is 0 Å². The van der Waals surface area contributed by atoms with Gasteiger partial charge in [0.05, 0.1) is 57.0 Å². The number of amides is 2. The number of ether oxygens (including phenoxy) is 4. The van der Waals surface area contributed by atoms with Crippen molar-refractivity contribution in [2.75, 3.05) is 52.5 Å². The molecule has 5 atom stereocenters. The highest BCUT2D eigenvalue weighted by Gasteiger charge is 2.50. The van der Waals surface area contributed by atoms with Crippen LogP contribution in [-0.2, 0) is 51.0 Å². The molecule has 294 valence electrons. The number of ketones is 2. The quantitative estimate of drug-likeness (QED) is 0.0838. The van der Waals surface area contributed by atoms with Crippen molar-refractivity contribution in [3.05, 3.63) is 71.8 Å². The van der Waals surface area contributed by atoms with Gasteiger partial charge < -0.3 is 29.6 Å². The zero-order valence-electron chi connectivity index (χ0n) is 32.6. The molecule has 2 aromatic rings. The summed E-state index contributed by atoms with van der Waals surface area (Å²) in [6.07, 6.45) is 2.47. The predicted octanol–water partition coefficient (Wildman–Crippen LogP) is 5.64. The second kappa shape index (κ2) is 23.6. The molecule has 0 spiro atoms. The summed E-state index contributed by atoms with van der Waals surface area (Å²) in [5, 5.41) is 5.70. The minimum Gasteiger partial charge on any atom is -0.382 e. The van der Waals surface area contributed by atoms with Crippen molar-refractivity contribution in [3.63, 3.8) is 0 Å². The summed E-state index contributed by atoms with van der Waals surface area (Å²) in [5.74, 6) is -0.736. The number of carbonyl (C=O) groups excluding carboxylic acids is 4. The first-order valence-electron chi connectivity index (χ1n) is 19.1. The predicted molar refractivity (Wildman–Crippen MR) is 210 cm³/mol. The Hall–Kier alpha value is -3.09. The van der Waals surface area contributed by atoms with Crippen molar-refractivity contribution in [1.29, 1.82) is 0 Å². The van der Waals surface area contributed by atoms with Crippen LogP contribution in [0.25, 0.3) is 0 Å². The summed E-state index contributed by atoms with van der Waals surface area (Å²) in [7, 11) is 1.63. The molecule has 11 heteroatoms. The number of aryl methyl sites for hydroxylation is 1. The SMILES string of the molecule is COCCOCCOCCS[C@@H](CCc1ccccc1)C(=O)N[C@@H](CC(C)C)C(=O)C[C@@H](Cc1ccccc1)C(=O)N[C@@H](CC(C)C)C(=O)[C@@]1(C)CO1. The van der Waals surface area contributed by atoms with Gasteiger partial charge in [-0.25, -0.2) is 0 Å². The summed E-state index contributed by atoms with van der Waals surface area (Å²) in [6.45, 7) is 12.6. The van der Waals surface area contributed by atoms with Crippen LogP contribution < -0.4 is 10.6 Å². The zero-order chi connectivity index (χ0) is 38.6. The molecule has 0 bridgehead atoms. The molecule has 53 heavy (non-hydrogen) atoms. The third kappa shape index (κ3) is 16.9. The summed E-state index contributed by atoms with van der Waals surface area (Å²) >= 11 is 1.52. The molecule has 3 rings (SSSR count). The summed E-state index contributed by atoms with van der Waals surface area (Å²) in [6, 6.07) is 18.1. The van der Waals surface area contributed by atoms with E-state index in [4.69, 9.17) is 18.9 Å². The van der Waals surface area contributed by atoms with Gasteiger partial charge in [-0.3, -0.25) is 19.2 Å². The Morgan fingerprint density at radius 1 is 0.774 bits per heavy atom. The maximum absolute atomic E-state index is 14.2. The topological polar surface area (TPSA) is 133 Å². The fraction of sp³-hybridized carbons (Fsp3) is 0.619. The fourth-order valence-electron chi connectivity index (χ4n) is 6.11. The van der Waals surface area contributed by atoms with Crippen molar-refractivity contribution < 1.29 is 38.1 Å². The third-order valence-electron chi connectivity index (χ3n) is 9.18. The summed E-state index contributed by atoms with van der Waals surface area (Å²) in [4.78, 5) is 55.5. The third-order valence-corrected chi connectivity index (χ3v) is 10.4. The number of carbonyl (C=O) groups is 4. The molecule has 2 N–H and O–H groups in total. The molecule has 1 saturated heterocycles. The molecule has 2 aromatic carbocycles. The van der Waals surface area contributed by atoms with Crippen LogP contribution in [0.5, 0.6) is 0 Å². The number of hydrogen-bond donors (Lipinski definition) is 2. The van der Waals surface area contributed by atoms with Crippen LogP contribution in [0.3, 0.4) is 0 Å². The van der Waals surface area contributed by atoms with E-state index in [1.807, 2.05) is 88.4 Å². The highest BCUT2D eigenvalue weighted by molar-refractivity contribution is 8.00. The fourth-order valence-corrected chi connectivity index (χ4v) is 7.11. The maximum atomic E-state index is 14.2. The van der Waals surface area contributed by atoms with Crippen LogP contribution in [0.4, 0.5) is 0 Å². The van der Waals surface area contributed by atoms with Gasteiger partial charge >= 0.3 is 0 Å². The Kier molecular flexibility index (Phi) is 19.8.